The third-order valence-corrected chi connectivity index (χ3v) is 9.10. The van der Waals surface area contributed by atoms with Crippen LogP contribution in [0, 0.1) is 24.7 Å². The van der Waals surface area contributed by atoms with Crippen molar-refractivity contribution in [2.24, 2.45) is 10.8 Å². The average Bonchev–Trinajstić information content (AvgIpc) is 3.24. The Kier molecular flexibility index (Phi) is 10.2. The van der Waals surface area contributed by atoms with Crippen LogP contribution in [-0.4, -0.2) is 29.7 Å². The molecule has 0 spiro atoms. The topological polar surface area (TPSA) is 75.6 Å². The molecule has 3 rings (SSSR count). The van der Waals surface area contributed by atoms with Crippen LogP contribution in [0.4, 0.5) is 13.2 Å². The van der Waals surface area contributed by atoms with Crippen LogP contribution >= 0.6 is 11.3 Å². The molecule has 0 aliphatic heterocycles. The van der Waals surface area contributed by atoms with Crippen LogP contribution < -0.4 is 10.1 Å². The van der Waals surface area contributed by atoms with Gasteiger partial charge in [-0.25, -0.2) is 0 Å². The number of carboxylic acid groups (broad SMARTS) is 1. The van der Waals surface area contributed by atoms with Crippen molar-refractivity contribution in [2.45, 2.75) is 85.9 Å². The fourth-order valence-electron chi connectivity index (χ4n) is 4.95. The van der Waals surface area contributed by atoms with E-state index in [9.17, 15) is 22.8 Å². The van der Waals surface area contributed by atoms with E-state index in [0.717, 1.165) is 46.4 Å². The molecule has 2 N–H and O–H groups in total. The highest BCUT2D eigenvalue weighted by molar-refractivity contribution is 7.14. The fourth-order valence-corrected chi connectivity index (χ4v) is 5.93. The van der Waals surface area contributed by atoms with Gasteiger partial charge in [0, 0.05) is 17.8 Å². The van der Waals surface area contributed by atoms with Gasteiger partial charge in [0.25, 0.3) is 5.91 Å². The summed E-state index contributed by atoms with van der Waals surface area (Å²) in [4.78, 5) is 23.9. The number of carbonyl (C=O) groups excluding carboxylic acids is 1. The molecule has 2 aromatic rings. The number of benzene rings is 1. The smallest absolute Gasteiger partial charge is 0.389 e. The fraction of sp³-hybridized carbons (Fsp3) is 0.500. The van der Waals surface area contributed by atoms with Crippen molar-refractivity contribution in [3.8, 4) is 5.75 Å². The lowest BCUT2D eigenvalue weighted by Gasteiger charge is -2.39. The first-order valence-electron chi connectivity index (χ1n) is 13.8. The molecule has 0 bridgehead atoms. The number of aryl methyl sites for hydroxylation is 2. The molecular weight excluding hydrogens is 551 g/mol. The maximum Gasteiger partial charge on any atom is 0.389 e. The van der Waals surface area contributed by atoms with Crippen molar-refractivity contribution < 1.29 is 32.6 Å². The highest BCUT2D eigenvalue weighted by atomic mass is 32.1. The number of ether oxygens (including phenoxy) is 1. The third kappa shape index (κ3) is 8.71. The minimum atomic E-state index is -4.36. The zero-order valence-electron chi connectivity index (χ0n) is 24.6. The van der Waals surface area contributed by atoms with Crippen LogP contribution in [0.1, 0.15) is 97.1 Å². The molecule has 1 aromatic carbocycles. The van der Waals surface area contributed by atoms with Crippen molar-refractivity contribution in [3.63, 3.8) is 0 Å². The maximum absolute atomic E-state index is 13.2. The van der Waals surface area contributed by atoms with Crippen molar-refractivity contribution in [2.75, 3.05) is 6.54 Å². The van der Waals surface area contributed by atoms with Gasteiger partial charge in [-0.3, -0.25) is 9.59 Å². The molecule has 9 heteroatoms. The first-order chi connectivity index (χ1) is 19.0. The number of alkyl halides is 3. The Morgan fingerprint density at radius 1 is 1.15 bits per heavy atom. The summed E-state index contributed by atoms with van der Waals surface area (Å²) in [7, 11) is 0. The lowest BCUT2D eigenvalue weighted by molar-refractivity contribution is -0.139. The lowest BCUT2D eigenvalue weighted by Crippen LogP contribution is -2.30. The van der Waals surface area contributed by atoms with Gasteiger partial charge >= 0.3 is 12.1 Å². The van der Waals surface area contributed by atoms with Crippen LogP contribution in [0.25, 0.3) is 5.57 Å². The number of allylic oxidation sites excluding steroid dienone is 4. The van der Waals surface area contributed by atoms with E-state index in [1.54, 1.807) is 6.07 Å². The summed E-state index contributed by atoms with van der Waals surface area (Å²) in [5, 5.41) is 11.3. The van der Waals surface area contributed by atoms with Crippen LogP contribution in [0.2, 0.25) is 0 Å². The minimum Gasteiger partial charge on any atom is -0.485 e. The zero-order chi connectivity index (χ0) is 30.6. The summed E-state index contributed by atoms with van der Waals surface area (Å²) >= 11 is 1.05. The molecule has 0 saturated carbocycles. The van der Waals surface area contributed by atoms with Gasteiger partial charge in [-0.1, -0.05) is 45.9 Å². The zero-order valence-corrected chi connectivity index (χ0v) is 25.4. The van der Waals surface area contributed by atoms with E-state index in [1.807, 2.05) is 26.0 Å². The molecule has 0 saturated heterocycles. The molecule has 41 heavy (non-hydrogen) atoms. The van der Waals surface area contributed by atoms with Gasteiger partial charge in [-0.2, -0.15) is 13.2 Å². The quantitative estimate of drug-likeness (QED) is 0.290. The summed E-state index contributed by atoms with van der Waals surface area (Å²) in [6.07, 6.45) is 1.90. The monoisotopic (exact) mass is 591 g/mol. The molecule has 1 aliphatic carbocycles. The van der Waals surface area contributed by atoms with Gasteiger partial charge in [-0.05, 0) is 90.5 Å². The van der Waals surface area contributed by atoms with Crippen molar-refractivity contribution in [3.05, 3.63) is 68.9 Å². The predicted molar refractivity (Wildman–Crippen MR) is 157 cm³/mol. The number of nitrogens with one attached hydrogen (secondary N) is 1. The Hall–Kier alpha value is -3.07. The van der Waals surface area contributed by atoms with E-state index < -0.39 is 30.6 Å². The molecular formula is C32H40F3NO4S. The molecule has 2 atom stereocenters. The van der Waals surface area contributed by atoms with Crippen molar-refractivity contribution >= 4 is 28.8 Å². The molecule has 1 aliphatic rings. The number of rotatable bonds is 10. The Bertz CT molecular complexity index is 1300. The van der Waals surface area contributed by atoms with Crippen molar-refractivity contribution in [1.82, 2.24) is 5.32 Å². The van der Waals surface area contributed by atoms with E-state index in [-0.39, 0.29) is 35.1 Å². The number of carbonyl (C=O) groups is 2. The summed E-state index contributed by atoms with van der Waals surface area (Å²) in [5.41, 5.74) is 4.32. The summed E-state index contributed by atoms with van der Waals surface area (Å²) < 4.78 is 45.7. The number of thiophene rings is 1. The first-order valence-corrected chi connectivity index (χ1v) is 14.6. The van der Waals surface area contributed by atoms with Crippen molar-refractivity contribution in [1.29, 1.82) is 0 Å². The standard InChI is InChI=1S/C32H40F3NO4S/c1-20-18-23(19-21(2)28(20)22-8-7-14-31(6,15-11-22)30(3,4)5)40-24(12-16-32(33,34)35)25-9-10-26(41-25)29(39)36-17-13-27(37)38/h8-11,15,18-19,24H,7,12-14,16-17H2,1-6H3,(H,36,39)(H,37,38). The third-order valence-electron chi connectivity index (χ3n) is 7.93. The lowest BCUT2D eigenvalue weighted by atomic mass is 9.65. The van der Waals surface area contributed by atoms with Gasteiger partial charge in [0.1, 0.15) is 11.9 Å². The van der Waals surface area contributed by atoms with E-state index in [0.29, 0.717) is 10.6 Å². The Morgan fingerprint density at radius 3 is 2.39 bits per heavy atom. The normalized spacial score (nSPS) is 18.4. The average molecular weight is 592 g/mol. The number of halogens is 3. The molecule has 1 amide bonds. The Balaban J connectivity index is 1.85. The number of amides is 1. The van der Waals surface area contributed by atoms with Gasteiger partial charge < -0.3 is 15.2 Å². The van der Waals surface area contributed by atoms with Gasteiger partial charge in [0.2, 0.25) is 0 Å². The first kappa shape index (κ1) is 32.4. The predicted octanol–water partition coefficient (Wildman–Crippen LogP) is 8.82. The van der Waals surface area contributed by atoms with E-state index in [4.69, 9.17) is 9.84 Å². The van der Waals surface area contributed by atoms with Gasteiger partial charge in [0.15, 0.2) is 0 Å². The Labute approximate surface area is 244 Å². The van der Waals surface area contributed by atoms with E-state index in [1.165, 1.54) is 6.07 Å². The number of hydrogen-bond donors (Lipinski definition) is 2. The Morgan fingerprint density at radius 2 is 1.80 bits per heavy atom. The minimum absolute atomic E-state index is 0.0403. The van der Waals surface area contributed by atoms with Crippen LogP contribution in [0.15, 0.2) is 42.5 Å². The molecule has 224 valence electrons. The number of hydrogen-bond acceptors (Lipinski definition) is 4. The summed E-state index contributed by atoms with van der Waals surface area (Å²) in [5.74, 6) is -1.04. The van der Waals surface area contributed by atoms with E-state index >= 15 is 0 Å². The van der Waals surface area contributed by atoms with Gasteiger partial charge in [-0.15, -0.1) is 11.3 Å². The van der Waals surface area contributed by atoms with E-state index in [2.05, 4.69) is 51.2 Å². The molecule has 0 radical (unpaired) electrons. The second kappa shape index (κ2) is 12.8. The number of carboxylic acids is 1. The number of aliphatic carboxylic acids is 1. The largest absolute Gasteiger partial charge is 0.485 e. The van der Waals surface area contributed by atoms with Crippen LogP contribution in [-0.2, 0) is 4.79 Å². The summed E-state index contributed by atoms with van der Waals surface area (Å²) in [6, 6.07) is 6.84. The highest BCUT2D eigenvalue weighted by Gasteiger charge is 2.35. The molecule has 0 fully saturated rings. The van der Waals surface area contributed by atoms with Gasteiger partial charge in [0.05, 0.1) is 11.3 Å². The summed E-state index contributed by atoms with van der Waals surface area (Å²) in [6.45, 7) is 13.0. The highest BCUT2D eigenvalue weighted by Crippen LogP contribution is 2.46. The second-order valence-electron chi connectivity index (χ2n) is 12.0. The second-order valence-corrected chi connectivity index (χ2v) is 13.1. The molecule has 5 nitrogen and oxygen atoms in total. The molecule has 2 unspecified atom stereocenters. The molecule has 1 heterocycles. The maximum atomic E-state index is 13.2. The molecule has 1 aromatic heterocycles. The van der Waals surface area contributed by atoms with Crippen LogP contribution in [0.3, 0.4) is 0 Å². The SMILES string of the molecule is Cc1cc(OC(CCC(F)(F)F)c2ccc(C(=O)NCCC(=O)O)s2)cc(C)c1C1=CCCC(C)(C(C)(C)C)C=C1. The van der Waals surface area contributed by atoms with Crippen LogP contribution in [0.5, 0.6) is 5.75 Å².